The van der Waals surface area contributed by atoms with Crippen LogP contribution in [0.4, 0.5) is 22.9 Å². The fourth-order valence-corrected chi connectivity index (χ4v) is 3.07. The first-order valence-corrected chi connectivity index (χ1v) is 8.86. The number of hydrogen-bond donors (Lipinski definition) is 2. The lowest BCUT2D eigenvalue weighted by atomic mass is 10.1. The van der Waals surface area contributed by atoms with Crippen LogP contribution in [0.3, 0.4) is 0 Å². The number of methoxy groups -OCH3 is 1. The Hall–Kier alpha value is -3.53. The maximum atomic E-state index is 5.33. The highest BCUT2D eigenvalue weighted by molar-refractivity contribution is 5.95. The molecule has 0 atom stereocenters. The van der Waals surface area contributed by atoms with Crippen LogP contribution in [0.25, 0.3) is 10.9 Å². The number of para-hydroxylation sites is 1. The molecule has 3 aromatic carbocycles. The number of benzene rings is 3. The normalized spacial score (nSPS) is 10.6. The molecule has 0 aliphatic heterocycles. The SMILES string of the molecule is COc1cccc(Nc2cc(Nc3cccc(C)c3)nc3ccccc23)c1. The predicted octanol–water partition coefficient (Wildman–Crippen LogP) is 6.04. The van der Waals surface area contributed by atoms with E-state index in [9.17, 15) is 0 Å². The van der Waals surface area contributed by atoms with Gasteiger partial charge in [0.1, 0.15) is 11.6 Å². The molecular formula is C23H21N3O. The number of aromatic nitrogens is 1. The van der Waals surface area contributed by atoms with E-state index in [1.807, 2.05) is 60.7 Å². The molecule has 0 spiro atoms. The molecule has 4 rings (SSSR count). The standard InChI is InChI=1S/C23H21N3O/c1-16-7-5-8-17(13-16)25-23-15-22(20-11-3-4-12-21(20)26-23)24-18-9-6-10-19(14-18)27-2/h3-15H,1-2H3,(H2,24,25,26). The first-order valence-electron chi connectivity index (χ1n) is 8.86. The summed E-state index contributed by atoms with van der Waals surface area (Å²) < 4.78 is 5.33. The minimum absolute atomic E-state index is 0.796. The Bertz CT molecular complexity index is 1090. The van der Waals surface area contributed by atoms with Crippen LogP contribution in [-0.4, -0.2) is 12.1 Å². The van der Waals surface area contributed by atoms with Gasteiger partial charge in [0.15, 0.2) is 0 Å². The van der Waals surface area contributed by atoms with Crippen LogP contribution in [0.1, 0.15) is 5.56 Å². The summed E-state index contributed by atoms with van der Waals surface area (Å²) in [7, 11) is 1.67. The average Bonchev–Trinajstić information content (AvgIpc) is 2.68. The first kappa shape index (κ1) is 16.9. The molecule has 27 heavy (non-hydrogen) atoms. The highest BCUT2D eigenvalue weighted by atomic mass is 16.5. The second-order valence-electron chi connectivity index (χ2n) is 6.42. The lowest BCUT2D eigenvalue weighted by Crippen LogP contribution is -1.98. The monoisotopic (exact) mass is 355 g/mol. The molecule has 0 aliphatic carbocycles. The molecule has 4 nitrogen and oxygen atoms in total. The Labute approximate surface area is 158 Å². The van der Waals surface area contributed by atoms with Crippen molar-refractivity contribution in [2.75, 3.05) is 17.7 Å². The van der Waals surface area contributed by atoms with Gasteiger partial charge in [0.05, 0.1) is 18.3 Å². The number of nitrogens with one attached hydrogen (secondary N) is 2. The summed E-state index contributed by atoms with van der Waals surface area (Å²) in [5.41, 5.74) is 5.11. The van der Waals surface area contributed by atoms with E-state index in [0.717, 1.165) is 39.5 Å². The van der Waals surface area contributed by atoms with Crippen LogP contribution in [0.2, 0.25) is 0 Å². The van der Waals surface area contributed by atoms with Gasteiger partial charge < -0.3 is 15.4 Å². The molecule has 4 heteroatoms. The second kappa shape index (κ2) is 7.38. The van der Waals surface area contributed by atoms with Crippen LogP contribution < -0.4 is 15.4 Å². The number of anilines is 4. The van der Waals surface area contributed by atoms with Crippen LogP contribution in [0.5, 0.6) is 5.75 Å². The lowest BCUT2D eigenvalue weighted by molar-refractivity contribution is 0.415. The molecule has 0 fully saturated rings. The summed E-state index contributed by atoms with van der Waals surface area (Å²) in [4.78, 5) is 4.76. The van der Waals surface area contributed by atoms with Crippen molar-refractivity contribution in [2.45, 2.75) is 6.92 Å². The van der Waals surface area contributed by atoms with Crippen molar-refractivity contribution < 1.29 is 4.74 Å². The van der Waals surface area contributed by atoms with Crippen molar-refractivity contribution >= 4 is 33.8 Å². The number of ether oxygens (including phenoxy) is 1. The van der Waals surface area contributed by atoms with Gasteiger partial charge in [0, 0.05) is 28.9 Å². The zero-order chi connectivity index (χ0) is 18.6. The van der Waals surface area contributed by atoms with E-state index in [0.29, 0.717) is 0 Å². The van der Waals surface area contributed by atoms with Gasteiger partial charge in [0.2, 0.25) is 0 Å². The molecule has 0 unspecified atom stereocenters. The highest BCUT2D eigenvalue weighted by Gasteiger charge is 2.07. The maximum absolute atomic E-state index is 5.33. The number of hydrogen-bond acceptors (Lipinski definition) is 4. The zero-order valence-corrected chi connectivity index (χ0v) is 15.4. The minimum atomic E-state index is 0.796. The Morgan fingerprint density at radius 3 is 2.37 bits per heavy atom. The van der Waals surface area contributed by atoms with Crippen LogP contribution in [0, 0.1) is 6.92 Å². The van der Waals surface area contributed by atoms with Crippen molar-refractivity contribution in [3.05, 3.63) is 84.4 Å². The molecule has 2 N–H and O–H groups in total. The van der Waals surface area contributed by atoms with Crippen molar-refractivity contribution in [1.82, 2.24) is 4.98 Å². The molecule has 0 bridgehead atoms. The Balaban J connectivity index is 1.74. The molecule has 0 amide bonds. The molecule has 1 heterocycles. The number of fused-ring (bicyclic) bond motifs is 1. The third-order valence-corrected chi connectivity index (χ3v) is 4.36. The topological polar surface area (TPSA) is 46.2 Å². The quantitative estimate of drug-likeness (QED) is 0.458. The minimum Gasteiger partial charge on any atom is -0.497 e. The van der Waals surface area contributed by atoms with E-state index < -0.39 is 0 Å². The summed E-state index contributed by atoms with van der Waals surface area (Å²) in [5.74, 6) is 1.61. The van der Waals surface area contributed by atoms with Gasteiger partial charge in [-0.25, -0.2) is 4.98 Å². The largest absolute Gasteiger partial charge is 0.497 e. The Kier molecular flexibility index (Phi) is 4.62. The summed E-state index contributed by atoms with van der Waals surface area (Å²) in [6.07, 6.45) is 0. The van der Waals surface area contributed by atoms with E-state index in [2.05, 4.69) is 35.8 Å². The molecular weight excluding hydrogens is 334 g/mol. The Morgan fingerprint density at radius 2 is 1.56 bits per heavy atom. The number of rotatable bonds is 5. The molecule has 1 aromatic heterocycles. The van der Waals surface area contributed by atoms with E-state index in [-0.39, 0.29) is 0 Å². The summed E-state index contributed by atoms with van der Waals surface area (Å²) in [6.45, 7) is 2.08. The molecule has 0 radical (unpaired) electrons. The molecule has 4 aromatic rings. The van der Waals surface area contributed by atoms with Crippen molar-refractivity contribution in [3.8, 4) is 5.75 Å². The molecule has 0 aliphatic rings. The summed E-state index contributed by atoms with van der Waals surface area (Å²) in [5, 5.41) is 7.97. The summed E-state index contributed by atoms with van der Waals surface area (Å²) in [6, 6.07) is 26.3. The predicted molar refractivity (Wildman–Crippen MR) is 112 cm³/mol. The first-order chi connectivity index (χ1) is 13.2. The van der Waals surface area contributed by atoms with Crippen molar-refractivity contribution in [2.24, 2.45) is 0 Å². The average molecular weight is 355 g/mol. The van der Waals surface area contributed by atoms with Crippen molar-refractivity contribution in [1.29, 1.82) is 0 Å². The van der Waals surface area contributed by atoms with Gasteiger partial charge in [-0.05, 0) is 42.8 Å². The molecule has 0 saturated carbocycles. The number of pyridine rings is 1. The van der Waals surface area contributed by atoms with Gasteiger partial charge >= 0.3 is 0 Å². The van der Waals surface area contributed by atoms with Gasteiger partial charge in [-0.2, -0.15) is 0 Å². The molecule has 0 saturated heterocycles. The van der Waals surface area contributed by atoms with Crippen LogP contribution in [-0.2, 0) is 0 Å². The van der Waals surface area contributed by atoms with Crippen molar-refractivity contribution in [3.63, 3.8) is 0 Å². The highest BCUT2D eigenvalue weighted by Crippen LogP contribution is 2.30. The van der Waals surface area contributed by atoms with Crippen LogP contribution in [0.15, 0.2) is 78.9 Å². The Morgan fingerprint density at radius 1 is 0.778 bits per heavy atom. The van der Waals surface area contributed by atoms with Gasteiger partial charge in [-0.1, -0.05) is 36.4 Å². The van der Waals surface area contributed by atoms with Gasteiger partial charge in [-0.15, -0.1) is 0 Å². The van der Waals surface area contributed by atoms with E-state index >= 15 is 0 Å². The third kappa shape index (κ3) is 3.85. The number of aryl methyl sites for hydroxylation is 1. The second-order valence-corrected chi connectivity index (χ2v) is 6.42. The third-order valence-electron chi connectivity index (χ3n) is 4.36. The van der Waals surface area contributed by atoms with E-state index in [1.165, 1.54) is 5.56 Å². The van der Waals surface area contributed by atoms with E-state index in [4.69, 9.17) is 9.72 Å². The fraction of sp³-hybridized carbons (Fsp3) is 0.0870. The van der Waals surface area contributed by atoms with Gasteiger partial charge in [-0.3, -0.25) is 0 Å². The van der Waals surface area contributed by atoms with Gasteiger partial charge in [0.25, 0.3) is 0 Å². The maximum Gasteiger partial charge on any atom is 0.133 e. The van der Waals surface area contributed by atoms with Crippen LogP contribution >= 0.6 is 0 Å². The zero-order valence-electron chi connectivity index (χ0n) is 15.4. The van der Waals surface area contributed by atoms with E-state index in [1.54, 1.807) is 7.11 Å². The fourth-order valence-electron chi connectivity index (χ4n) is 3.07. The number of nitrogens with zero attached hydrogens (tertiary/aromatic N) is 1. The lowest BCUT2D eigenvalue weighted by Gasteiger charge is -2.14. The summed E-state index contributed by atoms with van der Waals surface area (Å²) >= 11 is 0. The molecule has 134 valence electrons. The smallest absolute Gasteiger partial charge is 0.133 e.